The molecule has 0 saturated carbocycles. The number of hydrogen-bond donors (Lipinski definition) is 2. The minimum atomic E-state index is -0.312. The van der Waals surface area contributed by atoms with E-state index in [4.69, 9.17) is 5.73 Å². The van der Waals surface area contributed by atoms with Crippen molar-refractivity contribution in [1.29, 1.82) is 0 Å². The van der Waals surface area contributed by atoms with Gasteiger partial charge >= 0.3 is 0 Å². The Morgan fingerprint density at radius 1 is 1.29 bits per heavy atom. The molecule has 0 aliphatic heterocycles. The summed E-state index contributed by atoms with van der Waals surface area (Å²) >= 11 is 0. The van der Waals surface area contributed by atoms with Crippen molar-refractivity contribution in [1.82, 2.24) is 15.0 Å². The molecule has 0 radical (unpaired) electrons. The first-order valence-electron chi connectivity index (χ1n) is 4.97. The van der Waals surface area contributed by atoms with Gasteiger partial charge in [-0.1, -0.05) is 0 Å². The third-order valence-corrected chi connectivity index (χ3v) is 2.03. The number of nitrogens with two attached hydrogens (primary N) is 1. The fraction of sp³-hybridized carbons (Fsp3) is 0.0909. The molecule has 3 N–H and O–H groups in total. The predicted octanol–water partition coefficient (Wildman–Crippen LogP) is 1.01. The number of nitrogens with one attached hydrogen (secondary N) is 1. The third-order valence-electron chi connectivity index (χ3n) is 2.03. The van der Waals surface area contributed by atoms with Crippen molar-refractivity contribution >= 4 is 17.7 Å². The van der Waals surface area contributed by atoms with Crippen molar-refractivity contribution in [3.05, 3.63) is 41.9 Å². The summed E-state index contributed by atoms with van der Waals surface area (Å²) in [6.07, 6.45) is 3.10. The molecule has 2 aromatic heterocycles. The molecule has 17 heavy (non-hydrogen) atoms. The van der Waals surface area contributed by atoms with E-state index in [2.05, 4.69) is 20.3 Å². The molecule has 6 nitrogen and oxygen atoms in total. The van der Waals surface area contributed by atoms with Gasteiger partial charge in [-0.2, -0.15) is 0 Å². The Hall–Kier alpha value is -2.50. The second kappa shape index (κ2) is 4.56. The lowest BCUT2D eigenvalue weighted by atomic mass is 10.2. The van der Waals surface area contributed by atoms with Gasteiger partial charge in [0.15, 0.2) is 0 Å². The summed E-state index contributed by atoms with van der Waals surface area (Å²) in [5.41, 5.74) is 6.69. The van der Waals surface area contributed by atoms with Crippen LogP contribution < -0.4 is 11.1 Å². The quantitative estimate of drug-likeness (QED) is 0.801. The van der Waals surface area contributed by atoms with Crippen LogP contribution in [0.25, 0.3) is 0 Å². The van der Waals surface area contributed by atoms with Crippen molar-refractivity contribution in [2.24, 2.45) is 0 Å². The van der Waals surface area contributed by atoms with E-state index >= 15 is 0 Å². The number of carbonyl (C=O) groups is 1. The maximum Gasteiger partial charge on any atom is 0.258 e. The molecule has 0 aliphatic carbocycles. The fourth-order valence-corrected chi connectivity index (χ4v) is 1.36. The van der Waals surface area contributed by atoms with Crippen LogP contribution in [0, 0.1) is 6.92 Å². The van der Waals surface area contributed by atoms with Gasteiger partial charge in [0.1, 0.15) is 5.82 Å². The summed E-state index contributed by atoms with van der Waals surface area (Å²) in [5.74, 6) is 0.253. The van der Waals surface area contributed by atoms with Gasteiger partial charge in [-0.3, -0.25) is 10.1 Å². The standard InChI is InChI=1S/C11H11N5O/c1-7-5-8(6-9(12)15-7)10(17)16-11-13-3-2-4-14-11/h2-6H,1H3,(H2,12,15)(H,13,14,16,17). The zero-order valence-corrected chi connectivity index (χ0v) is 9.21. The second-order valence-electron chi connectivity index (χ2n) is 3.45. The summed E-state index contributed by atoms with van der Waals surface area (Å²) in [7, 11) is 0. The summed E-state index contributed by atoms with van der Waals surface area (Å²) in [6, 6.07) is 4.82. The van der Waals surface area contributed by atoms with E-state index in [-0.39, 0.29) is 11.9 Å². The third kappa shape index (κ3) is 2.75. The van der Waals surface area contributed by atoms with Gasteiger partial charge in [-0.15, -0.1) is 0 Å². The molecular formula is C11H11N5O. The lowest BCUT2D eigenvalue weighted by Gasteiger charge is -2.04. The van der Waals surface area contributed by atoms with Crippen molar-refractivity contribution in [2.75, 3.05) is 11.1 Å². The monoisotopic (exact) mass is 229 g/mol. The van der Waals surface area contributed by atoms with Gasteiger partial charge in [0, 0.05) is 23.7 Å². The number of pyridine rings is 1. The smallest absolute Gasteiger partial charge is 0.258 e. The molecular weight excluding hydrogens is 218 g/mol. The fourth-order valence-electron chi connectivity index (χ4n) is 1.36. The first kappa shape index (κ1) is 11.0. The molecule has 86 valence electrons. The zero-order valence-electron chi connectivity index (χ0n) is 9.21. The normalized spacial score (nSPS) is 9.94. The van der Waals surface area contributed by atoms with Crippen LogP contribution in [-0.2, 0) is 0 Å². The minimum absolute atomic E-state index is 0.255. The SMILES string of the molecule is Cc1cc(C(=O)Nc2ncccn2)cc(N)n1. The van der Waals surface area contributed by atoms with Gasteiger partial charge in [-0.05, 0) is 25.1 Å². The average Bonchev–Trinajstić information content (AvgIpc) is 2.29. The molecule has 2 heterocycles. The first-order chi connectivity index (χ1) is 8.15. The topological polar surface area (TPSA) is 93.8 Å². The van der Waals surface area contributed by atoms with Gasteiger partial charge < -0.3 is 5.73 Å². The van der Waals surface area contributed by atoms with Crippen molar-refractivity contribution in [3.63, 3.8) is 0 Å². The molecule has 0 aliphatic rings. The summed E-state index contributed by atoms with van der Waals surface area (Å²) in [5, 5.41) is 2.57. The highest BCUT2D eigenvalue weighted by Gasteiger charge is 2.08. The molecule has 1 amide bonds. The Morgan fingerprint density at radius 3 is 2.65 bits per heavy atom. The number of carbonyl (C=O) groups excluding carboxylic acids is 1. The van der Waals surface area contributed by atoms with Crippen molar-refractivity contribution < 1.29 is 4.79 Å². The van der Waals surface area contributed by atoms with Crippen LogP contribution in [0.2, 0.25) is 0 Å². The Morgan fingerprint density at radius 2 is 2.00 bits per heavy atom. The molecule has 0 spiro atoms. The summed E-state index contributed by atoms with van der Waals surface area (Å²) < 4.78 is 0. The molecule has 0 atom stereocenters. The van der Waals surface area contributed by atoms with Crippen molar-refractivity contribution in [2.45, 2.75) is 6.92 Å². The maximum atomic E-state index is 11.8. The first-order valence-corrected chi connectivity index (χ1v) is 4.97. The predicted molar refractivity (Wildman–Crippen MR) is 63.4 cm³/mol. The number of hydrogen-bond acceptors (Lipinski definition) is 5. The number of rotatable bonds is 2. The summed E-state index contributed by atoms with van der Waals surface area (Å²) in [4.78, 5) is 23.6. The molecule has 0 fully saturated rings. The van der Waals surface area contributed by atoms with Crippen LogP contribution in [0.3, 0.4) is 0 Å². The Labute approximate surface area is 97.9 Å². The summed E-state index contributed by atoms with van der Waals surface area (Å²) in [6.45, 7) is 1.77. The highest BCUT2D eigenvalue weighted by molar-refractivity contribution is 6.03. The highest BCUT2D eigenvalue weighted by Crippen LogP contribution is 2.08. The van der Waals surface area contributed by atoms with Gasteiger partial charge in [-0.25, -0.2) is 15.0 Å². The van der Waals surface area contributed by atoms with Crippen LogP contribution in [0.4, 0.5) is 11.8 Å². The molecule has 6 heteroatoms. The second-order valence-corrected chi connectivity index (χ2v) is 3.45. The van der Waals surface area contributed by atoms with Crippen LogP contribution >= 0.6 is 0 Å². The number of aromatic nitrogens is 3. The average molecular weight is 229 g/mol. The van der Waals surface area contributed by atoms with Crippen LogP contribution in [-0.4, -0.2) is 20.9 Å². The van der Waals surface area contributed by atoms with Crippen LogP contribution in [0.15, 0.2) is 30.6 Å². The van der Waals surface area contributed by atoms with Crippen LogP contribution in [0.1, 0.15) is 16.1 Å². The van der Waals surface area contributed by atoms with E-state index in [1.807, 2.05) is 0 Å². The van der Waals surface area contributed by atoms with E-state index in [0.717, 1.165) is 0 Å². The lowest BCUT2D eigenvalue weighted by molar-refractivity contribution is 0.102. The highest BCUT2D eigenvalue weighted by atomic mass is 16.1. The zero-order chi connectivity index (χ0) is 12.3. The number of amides is 1. The Kier molecular flexibility index (Phi) is 2.95. The number of nitrogens with zero attached hydrogens (tertiary/aromatic N) is 3. The van der Waals surface area contributed by atoms with E-state index in [0.29, 0.717) is 17.1 Å². The van der Waals surface area contributed by atoms with Gasteiger partial charge in [0.05, 0.1) is 0 Å². The van der Waals surface area contributed by atoms with Crippen LogP contribution in [0.5, 0.6) is 0 Å². The van der Waals surface area contributed by atoms with E-state index in [9.17, 15) is 4.79 Å². The number of aryl methyl sites for hydroxylation is 1. The maximum absolute atomic E-state index is 11.8. The molecule has 0 unspecified atom stereocenters. The van der Waals surface area contributed by atoms with Crippen molar-refractivity contribution in [3.8, 4) is 0 Å². The largest absolute Gasteiger partial charge is 0.384 e. The Balaban J connectivity index is 2.20. The lowest BCUT2D eigenvalue weighted by Crippen LogP contribution is -2.14. The molecule has 0 saturated heterocycles. The molecule has 2 aromatic rings. The van der Waals surface area contributed by atoms with E-state index in [1.54, 1.807) is 31.5 Å². The molecule has 2 rings (SSSR count). The number of nitrogen functional groups attached to an aromatic ring is 1. The number of anilines is 2. The Bertz CT molecular complexity index is 521. The van der Waals surface area contributed by atoms with E-state index < -0.39 is 0 Å². The van der Waals surface area contributed by atoms with Gasteiger partial charge in [0.2, 0.25) is 5.95 Å². The molecule has 0 bridgehead atoms. The minimum Gasteiger partial charge on any atom is -0.384 e. The van der Waals surface area contributed by atoms with Gasteiger partial charge in [0.25, 0.3) is 5.91 Å². The molecule has 0 aromatic carbocycles. The van der Waals surface area contributed by atoms with E-state index in [1.165, 1.54) is 6.07 Å².